The molecule has 9 heteroatoms. The van der Waals surface area contributed by atoms with E-state index >= 15 is 0 Å². The van der Waals surface area contributed by atoms with Crippen molar-refractivity contribution in [3.63, 3.8) is 0 Å². The third-order valence-corrected chi connectivity index (χ3v) is 9.64. The van der Waals surface area contributed by atoms with Gasteiger partial charge < -0.3 is 4.74 Å². The van der Waals surface area contributed by atoms with E-state index < -0.39 is 21.8 Å². The molecular formula is C36H24ClFN2O4S. The summed E-state index contributed by atoms with van der Waals surface area (Å²) in [5.74, 6) is -1.09. The number of ether oxygens (including phenoxy) is 1. The van der Waals surface area contributed by atoms with Crippen LogP contribution in [0.5, 0.6) is 0 Å². The fourth-order valence-electron chi connectivity index (χ4n) is 5.46. The molecule has 0 saturated carbocycles. The van der Waals surface area contributed by atoms with Crippen LogP contribution < -0.4 is 0 Å². The van der Waals surface area contributed by atoms with Gasteiger partial charge in [0.05, 0.1) is 40.4 Å². The van der Waals surface area contributed by atoms with Crippen molar-refractivity contribution in [3.05, 3.63) is 137 Å². The summed E-state index contributed by atoms with van der Waals surface area (Å²) in [4.78, 5) is 12.1. The molecule has 0 N–H and O–H groups in total. The SMILES string of the molecule is COC(=O)c1ccc(-c2cccc(-c3c(-c4ccccc4C#N)c4cc(F)ccc4n3S(=O)(=O)c3ccc(C)cc3)c2)c(Cl)c1. The largest absolute Gasteiger partial charge is 0.465 e. The van der Waals surface area contributed by atoms with E-state index in [1.54, 1.807) is 66.7 Å². The van der Waals surface area contributed by atoms with Gasteiger partial charge in [-0.3, -0.25) is 0 Å². The molecule has 0 saturated heterocycles. The Bertz CT molecular complexity index is 2290. The van der Waals surface area contributed by atoms with Crippen molar-refractivity contribution < 1.29 is 22.3 Å². The predicted octanol–water partition coefficient (Wildman–Crippen LogP) is 8.64. The van der Waals surface area contributed by atoms with E-state index in [0.717, 1.165) is 5.56 Å². The van der Waals surface area contributed by atoms with Crippen molar-refractivity contribution in [2.24, 2.45) is 0 Å². The lowest BCUT2D eigenvalue weighted by Gasteiger charge is -2.16. The zero-order chi connectivity index (χ0) is 31.9. The number of rotatable bonds is 6. The number of carbonyl (C=O) groups is 1. The average Bonchev–Trinajstić information content (AvgIpc) is 3.39. The van der Waals surface area contributed by atoms with E-state index in [-0.39, 0.29) is 21.7 Å². The standard InChI is InChI=1S/C36H24ClFN2O4S/c1-22-10-14-28(15-11-22)45(42,43)40-33-17-13-27(38)20-31(33)34(30-9-4-3-6-26(30)21-39)35(40)24-8-5-7-23(18-24)29-16-12-25(19-32(29)37)36(41)44-2/h3-20H,1-2H3. The Kier molecular flexibility index (Phi) is 7.75. The summed E-state index contributed by atoms with van der Waals surface area (Å²) in [6.07, 6.45) is 0. The molecule has 0 bridgehead atoms. The van der Waals surface area contributed by atoms with E-state index in [4.69, 9.17) is 16.3 Å². The first kappa shape index (κ1) is 29.8. The van der Waals surface area contributed by atoms with E-state index in [2.05, 4.69) is 6.07 Å². The van der Waals surface area contributed by atoms with Gasteiger partial charge in [0.2, 0.25) is 0 Å². The van der Waals surface area contributed by atoms with Crippen LogP contribution in [0, 0.1) is 24.1 Å². The molecule has 0 radical (unpaired) electrons. The fourth-order valence-corrected chi connectivity index (χ4v) is 7.30. The Morgan fingerprint density at radius 2 is 1.60 bits per heavy atom. The topological polar surface area (TPSA) is 89.2 Å². The fraction of sp³-hybridized carbons (Fsp3) is 0.0556. The monoisotopic (exact) mass is 634 g/mol. The third-order valence-electron chi connectivity index (χ3n) is 7.60. The maximum absolute atomic E-state index is 14.9. The quantitative estimate of drug-likeness (QED) is 0.171. The predicted molar refractivity (Wildman–Crippen MR) is 173 cm³/mol. The van der Waals surface area contributed by atoms with Gasteiger partial charge in [0.15, 0.2) is 0 Å². The van der Waals surface area contributed by atoms with E-state index in [9.17, 15) is 22.9 Å². The molecule has 1 heterocycles. The number of carbonyl (C=O) groups excluding carboxylic acids is 1. The molecule has 222 valence electrons. The molecule has 0 amide bonds. The lowest BCUT2D eigenvalue weighted by molar-refractivity contribution is 0.0600. The number of benzene rings is 5. The number of nitrogens with zero attached hydrogens (tertiary/aromatic N) is 2. The first-order valence-corrected chi connectivity index (χ1v) is 15.6. The summed E-state index contributed by atoms with van der Waals surface area (Å²) in [6.45, 7) is 1.86. The molecule has 5 aromatic carbocycles. The molecule has 0 aliphatic rings. The molecule has 0 atom stereocenters. The molecular weight excluding hydrogens is 611 g/mol. The molecule has 45 heavy (non-hydrogen) atoms. The van der Waals surface area contributed by atoms with Crippen molar-refractivity contribution >= 4 is 38.5 Å². The molecule has 6 aromatic rings. The zero-order valence-electron chi connectivity index (χ0n) is 24.1. The maximum Gasteiger partial charge on any atom is 0.337 e. The lowest BCUT2D eigenvalue weighted by atomic mass is 9.93. The third kappa shape index (κ3) is 5.27. The van der Waals surface area contributed by atoms with Crippen LogP contribution >= 0.6 is 11.6 Å². The molecule has 6 nitrogen and oxygen atoms in total. The van der Waals surface area contributed by atoms with Crippen LogP contribution in [0.4, 0.5) is 4.39 Å². The number of fused-ring (bicyclic) bond motifs is 1. The number of methoxy groups -OCH3 is 1. The van der Waals surface area contributed by atoms with Gasteiger partial charge >= 0.3 is 5.97 Å². The number of hydrogen-bond acceptors (Lipinski definition) is 5. The van der Waals surface area contributed by atoms with Gasteiger partial charge in [-0.25, -0.2) is 21.6 Å². The molecule has 0 fully saturated rings. The summed E-state index contributed by atoms with van der Waals surface area (Å²) in [7, 11) is -2.97. The van der Waals surface area contributed by atoms with Crippen molar-refractivity contribution in [1.29, 1.82) is 5.26 Å². The summed E-state index contributed by atoms with van der Waals surface area (Å²) < 4.78 is 50.0. The summed E-state index contributed by atoms with van der Waals surface area (Å²) >= 11 is 6.62. The Morgan fingerprint density at radius 3 is 2.31 bits per heavy atom. The highest BCUT2D eigenvalue weighted by Crippen LogP contribution is 2.45. The second-order valence-electron chi connectivity index (χ2n) is 10.4. The molecule has 0 spiro atoms. The Labute approximate surface area is 264 Å². The highest BCUT2D eigenvalue weighted by atomic mass is 35.5. The first-order chi connectivity index (χ1) is 21.6. The number of hydrogen-bond donors (Lipinski definition) is 0. The first-order valence-electron chi connectivity index (χ1n) is 13.8. The second-order valence-corrected chi connectivity index (χ2v) is 12.6. The van der Waals surface area contributed by atoms with E-state index in [1.165, 1.54) is 47.5 Å². The molecule has 1 aromatic heterocycles. The van der Waals surface area contributed by atoms with Crippen LogP contribution in [-0.4, -0.2) is 25.5 Å². The van der Waals surface area contributed by atoms with Crippen molar-refractivity contribution in [3.8, 4) is 39.6 Å². The van der Waals surface area contributed by atoms with Gasteiger partial charge in [-0.1, -0.05) is 71.8 Å². The minimum Gasteiger partial charge on any atom is -0.465 e. The number of nitriles is 1. The highest BCUT2D eigenvalue weighted by molar-refractivity contribution is 7.90. The number of aromatic nitrogens is 1. The number of esters is 1. The lowest BCUT2D eigenvalue weighted by Crippen LogP contribution is -2.14. The maximum atomic E-state index is 14.9. The minimum absolute atomic E-state index is 0.0493. The summed E-state index contributed by atoms with van der Waals surface area (Å²) in [5.41, 5.74) is 4.54. The minimum atomic E-state index is -4.25. The van der Waals surface area contributed by atoms with Gasteiger partial charge in [-0.15, -0.1) is 0 Å². The molecule has 0 aliphatic carbocycles. The van der Waals surface area contributed by atoms with Crippen LogP contribution in [0.15, 0.2) is 114 Å². The van der Waals surface area contributed by atoms with Gasteiger partial charge in [0.25, 0.3) is 10.0 Å². The van der Waals surface area contributed by atoms with Crippen LogP contribution in [0.2, 0.25) is 5.02 Å². The van der Waals surface area contributed by atoms with Gasteiger partial charge in [0, 0.05) is 32.7 Å². The smallest absolute Gasteiger partial charge is 0.337 e. The van der Waals surface area contributed by atoms with Crippen molar-refractivity contribution in [1.82, 2.24) is 3.97 Å². The number of aryl methyl sites for hydroxylation is 1. The Hall–Kier alpha value is -5.23. The molecule has 0 aliphatic heterocycles. The molecule has 6 rings (SSSR count). The van der Waals surface area contributed by atoms with Crippen molar-refractivity contribution in [2.45, 2.75) is 11.8 Å². The van der Waals surface area contributed by atoms with Crippen LogP contribution in [-0.2, 0) is 14.8 Å². The Morgan fingerprint density at radius 1 is 0.867 bits per heavy atom. The normalized spacial score (nSPS) is 11.4. The highest BCUT2D eigenvalue weighted by Gasteiger charge is 2.30. The Balaban J connectivity index is 1.71. The van der Waals surface area contributed by atoms with Crippen LogP contribution in [0.3, 0.4) is 0 Å². The number of halogens is 2. The van der Waals surface area contributed by atoms with Crippen LogP contribution in [0.25, 0.3) is 44.4 Å². The second kappa shape index (κ2) is 11.7. The van der Waals surface area contributed by atoms with Gasteiger partial charge in [0.1, 0.15) is 5.82 Å². The van der Waals surface area contributed by atoms with Crippen LogP contribution in [0.1, 0.15) is 21.5 Å². The average molecular weight is 635 g/mol. The van der Waals surface area contributed by atoms with Gasteiger partial charge in [-0.2, -0.15) is 5.26 Å². The summed E-state index contributed by atoms with van der Waals surface area (Å²) in [5, 5.41) is 10.7. The summed E-state index contributed by atoms with van der Waals surface area (Å²) in [6, 6.07) is 31.3. The molecule has 0 unspecified atom stereocenters. The zero-order valence-corrected chi connectivity index (χ0v) is 25.7. The van der Waals surface area contributed by atoms with E-state index in [1.807, 2.05) is 13.0 Å². The van der Waals surface area contributed by atoms with Crippen molar-refractivity contribution in [2.75, 3.05) is 7.11 Å². The van der Waals surface area contributed by atoms with Gasteiger partial charge in [-0.05, 0) is 67.1 Å². The van der Waals surface area contributed by atoms with E-state index in [0.29, 0.717) is 43.8 Å².